The maximum Gasteiger partial charge on any atom is 0.321 e. The molecule has 0 radical (unpaired) electrons. The molecule has 19 heavy (non-hydrogen) atoms. The van der Waals surface area contributed by atoms with E-state index in [1.54, 1.807) is 13.8 Å². The van der Waals surface area contributed by atoms with E-state index in [2.05, 4.69) is 10.6 Å². The Morgan fingerprint density at radius 3 is 2.68 bits per heavy atom. The number of carboxylic acids is 1. The summed E-state index contributed by atoms with van der Waals surface area (Å²) < 4.78 is 0. The lowest BCUT2D eigenvalue weighted by molar-refractivity contribution is -0.139. The minimum absolute atomic E-state index is 0.0266. The molecule has 1 fully saturated rings. The number of urea groups is 1. The molecule has 0 spiro atoms. The van der Waals surface area contributed by atoms with E-state index in [-0.39, 0.29) is 12.5 Å². The van der Waals surface area contributed by atoms with Gasteiger partial charge >= 0.3 is 12.0 Å². The molecule has 0 aromatic rings. The fourth-order valence-corrected chi connectivity index (χ4v) is 2.36. The van der Waals surface area contributed by atoms with Crippen molar-refractivity contribution in [1.29, 1.82) is 0 Å². The van der Waals surface area contributed by atoms with Crippen LogP contribution in [0.3, 0.4) is 0 Å². The van der Waals surface area contributed by atoms with Gasteiger partial charge in [0.1, 0.15) is 0 Å². The molecule has 3 N–H and O–H groups in total. The lowest BCUT2D eigenvalue weighted by Gasteiger charge is -2.28. The van der Waals surface area contributed by atoms with Crippen molar-refractivity contribution in [3.63, 3.8) is 0 Å². The van der Waals surface area contributed by atoms with Crippen LogP contribution in [0.4, 0.5) is 4.79 Å². The van der Waals surface area contributed by atoms with Gasteiger partial charge in [-0.2, -0.15) is 0 Å². The van der Waals surface area contributed by atoms with Gasteiger partial charge in [0, 0.05) is 12.6 Å². The van der Waals surface area contributed by atoms with Gasteiger partial charge in [-0.1, -0.05) is 0 Å². The molecular weight excluding hydrogens is 250 g/mol. The number of carbonyl (C=O) groups excluding carboxylic acids is 2. The van der Waals surface area contributed by atoms with Crippen molar-refractivity contribution < 1.29 is 19.5 Å². The third-order valence-corrected chi connectivity index (χ3v) is 3.28. The van der Waals surface area contributed by atoms with Crippen molar-refractivity contribution in [2.24, 2.45) is 0 Å². The van der Waals surface area contributed by atoms with E-state index in [9.17, 15) is 14.4 Å². The van der Waals surface area contributed by atoms with E-state index >= 15 is 0 Å². The number of nitrogens with zero attached hydrogens (tertiary/aromatic N) is 1. The first-order valence-electron chi connectivity index (χ1n) is 6.52. The number of hydrogen-bond acceptors (Lipinski definition) is 4. The zero-order valence-electron chi connectivity index (χ0n) is 11.3. The molecule has 108 valence electrons. The minimum atomic E-state index is -0.867. The average molecular weight is 271 g/mol. The number of hydrogen-bond donors (Lipinski definition) is 3. The number of carboxylic acid groups (broad SMARTS) is 1. The van der Waals surface area contributed by atoms with Crippen LogP contribution in [0.1, 0.15) is 33.1 Å². The summed E-state index contributed by atoms with van der Waals surface area (Å²) in [6.07, 6.45) is 1.67. The van der Waals surface area contributed by atoms with Gasteiger partial charge in [-0.3, -0.25) is 19.8 Å². The van der Waals surface area contributed by atoms with Crippen LogP contribution < -0.4 is 10.6 Å². The summed E-state index contributed by atoms with van der Waals surface area (Å²) in [6, 6.07) is -1.16. The molecule has 7 heteroatoms. The molecule has 1 aliphatic rings. The Labute approximate surface area is 112 Å². The molecule has 1 heterocycles. The van der Waals surface area contributed by atoms with Crippen LogP contribution in [0.2, 0.25) is 0 Å². The van der Waals surface area contributed by atoms with Gasteiger partial charge in [0.05, 0.1) is 12.5 Å². The normalized spacial score (nSPS) is 20.8. The summed E-state index contributed by atoms with van der Waals surface area (Å²) in [5.74, 6) is -1.27. The Hall–Kier alpha value is -1.63. The molecule has 0 aliphatic carbocycles. The Kier molecular flexibility index (Phi) is 5.75. The summed E-state index contributed by atoms with van der Waals surface area (Å²) >= 11 is 0. The second-order valence-electron chi connectivity index (χ2n) is 4.66. The van der Waals surface area contributed by atoms with Crippen LogP contribution in [-0.2, 0) is 9.59 Å². The topological polar surface area (TPSA) is 98.7 Å². The van der Waals surface area contributed by atoms with Gasteiger partial charge in [0.2, 0.25) is 5.91 Å². The van der Waals surface area contributed by atoms with E-state index in [0.717, 1.165) is 12.8 Å². The Balaban J connectivity index is 2.55. The van der Waals surface area contributed by atoms with Gasteiger partial charge in [-0.15, -0.1) is 0 Å². The lowest BCUT2D eigenvalue weighted by Crippen LogP contribution is -2.51. The largest absolute Gasteiger partial charge is 0.481 e. The van der Waals surface area contributed by atoms with Crippen LogP contribution in [0, 0.1) is 0 Å². The van der Waals surface area contributed by atoms with E-state index in [0.29, 0.717) is 13.1 Å². The standard InChI is InChI=1S/C12H21N3O4/c1-3-13-12(19)14-11(18)8(2)15-6-4-5-9(15)7-10(16)17/h8-9H,3-7H2,1-2H3,(H,16,17)(H2,13,14,18,19). The van der Waals surface area contributed by atoms with Gasteiger partial charge in [-0.05, 0) is 33.2 Å². The number of rotatable bonds is 5. The predicted molar refractivity (Wildman–Crippen MR) is 68.7 cm³/mol. The second-order valence-corrected chi connectivity index (χ2v) is 4.66. The van der Waals surface area contributed by atoms with Gasteiger partial charge in [0.25, 0.3) is 0 Å². The summed E-state index contributed by atoms with van der Waals surface area (Å²) in [6.45, 7) is 4.58. The molecule has 0 aromatic carbocycles. The third-order valence-electron chi connectivity index (χ3n) is 3.28. The van der Waals surface area contributed by atoms with Gasteiger partial charge in [-0.25, -0.2) is 4.79 Å². The number of imide groups is 1. The second kappa shape index (κ2) is 7.08. The molecule has 1 saturated heterocycles. The highest BCUT2D eigenvalue weighted by molar-refractivity contribution is 5.96. The Bertz CT molecular complexity index is 359. The first kappa shape index (κ1) is 15.4. The molecular formula is C12H21N3O4. The fourth-order valence-electron chi connectivity index (χ4n) is 2.36. The number of carbonyl (C=O) groups is 3. The average Bonchev–Trinajstić information content (AvgIpc) is 2.75. The molecule has 0 aromatic heterocycles. The smallest absolute Gasteiger partial charge is 0.321 e. The molecule has 0 saturated carbocycles. The summed E-state index contributed by atoms with van der Waals surface area (Å²) in [4.78, 5) is 35.8. The molecule has 2 unspecified atom stereocenters. The Morgan fingerprint density at radius 2 is 2.11 bits per heavy atom. The van der Waals surface area contributed by atoms with Crippen molar-refractivity contribution in [3.05, 3.63) is 0 Å². The first-order chi connectivity index (χ1) is 8.95. The van der Waals surface area contributed by atoms with Crippen LogP contribution in [-0.4, -0.2) is 53.1 Å². The molecule has 0 bridgehead atoms. The number of nitrogens with one attached hydrogen (secondary N) is 2. The highest BCUT2D eigenvalue weighted by Gasteiger charge is 2.33. The van der Waals surface area contributed by atoms with E-state index in [1.165, 1.54) is 0 Å². The highest BCUT2D eigenvalue weighted by atomic mass is 16.4. The first-order valence-corrected chi connectivity index (χ1v) is 6.52. The van der Waals surface area contributed by atoms with Crippen LogP contribution in [0.5, 0.6) is 0 Å². The molecule has 7 nitrogen and oxygen atoms in total. The van der Waals surface area contributed by atoms with Crippen molar-refractivity contribution in [2.45, 2.75) is 45.2 Å². The van der Waals surface area contributed by atoms with E-state index < -0.39 is 23.9 Å². The highest BCUT2D eigenvalue weighted by Crippen LogP contribution is 2.22. The van der Waals surface area contributed by atoms with Gasteiger partial charge in [0.15, 0.2) is 0 Å². The van der Waals surface area contributed by atoms with Crippen molar-refractivity contribution in [2.75, 3.05) is 13.1 Å². The van der Waals surface area contributed by atoms with Crippen LogP contribution >= 0.6 is 0 Å². The number of likely N-dealkylation sites (tertiary alicyclic amines) is 1. The zero-order chi connectivity index (χ0) is 14.4. The Morgan fingerprint density at radius 1 is 1.42 bits per heavy atom. The molecule has 2 atom stereocenters. The third kappa shape index (κ3) is 4.51. The van der Waals surface area contributed by atoms with E-state index in [1.807, 2.05) is 4.90 Å². The SMILES string of the molecule is CCNC(=O)NC(=O)C(C)N1CCCC1CC(=O)O. The number of amides is 3. The summed E-state index contributed by atoms with van der Waals surface area (Å²) in [7, 11) is 0. The monoisotopic (exact) mass is 271 g/mol. The van der Waals surface area contributed by atoms with Crippen molar-refractivity contribution in [1.82, 2.24) is 15.5 Å². The van der Waals surface area contributed by atoms with E-state index in [4.69, 9.17) is 5.11 Å². The van der Waals surface area contributed by atoms with Gasteiger partial charge < -0.3 is 10.4 Å². The lowest BCUT2D eigenvalue weighted by atomic mass is 10.1. The number of aliphatic carboxylic acids is 1. The molecule has 1 rings (SSSR count). The summed E-state index contributed by atoms with van der Waals surface area (Å²) in [5.41, 5.74) is 0. The minimum Gasteiger partial charge on any atom is -0.481 e. The molecule has 1 aliphatic heterocycles. The van der Waals surface area contributed by atoms with Crippen molar-refractivity contribution >= 4 is 17.9 Å². The summed E-state index contributed by atoms with van der Waals surface area (Å²) in [5, 5.41) is 13.6. The quantitative estimate of drug-likeness (QED) is 0.661. The van der Waals surface area contributed by atoms with Crippen molar-refractivity contribution in [3.8, 4) is 0 Å². The van der Waals surface area contributed by atoms with Crippen LogP contribution in [0.25, 0.3) is 0 Å². The maximum atomic E-state index is 11.9. The van der Waals surface area contributed by atoms with Crippen LogP contribution in [0.15, 0.2) is 0 Å². The fraction of sp³-hybridized carbons (Fsp3) is 0.750. The molecule has 3 amide bonds. The predicted octanol–water partition coefficient (Wildman–Crippen LogP) is 0.160. The zero-order valence-corrected chi connectivity index (χ0v) is 11.3. The maximum absolute atomic E-state index is 11.9.